The molecular formula is C25H29N3O2. The zero-order valence-electron chi connectivity index (χ0n) is 17.9. The molecule has 0 saturated heterocycles. The molecule has 4 rings (SSSR count). The molecule has 1 amide bonds. The summed E-state index contributed by atoms with van der Waals surface area (Å²) in [6, 6.07) is 18.0. The van der Waals surface area contributed by atoms with Crippen LogP contribution in [0.5, 0.6) is 5.75 Å². The highest BCUT2D eigenvalue weighted by Crippen LogP contribution is 2.43. The molecule has 1 aliphatic rings. The third-order valence-electron chi connectivity index (χ3n) is 5.41. The molecule has 2 heterocycles. The largest absolute Gasteiger partial charge is 0.494 e. The van der Waals surface area contributed by atoms with Gasteiger partial charge in [-0.3, -0.25) is 9.89 Å². The molecule has 2 aromatic carbocycles. The van der Waals surface area contributed by atoms with Gasteiger partial charge in [-0.25, -0.2) is 0 Å². The molecule has 0 radical (unpaired) electrons. The van der Waals surface area contributed by atoms with E-state index < -0.39 is 0 Å². The fraction of sp³-hybridized carbons (Fsp3) is 0.360. The van der Waals surface area contributed by atoms with Crippen LogP contribution in [0.1, 0.15) is 61.3 Å². The first-order valence-corrected chi connectivity index (χ1v) is 10.8. The molecule has 0 saturated carbocycles. The topological polar surface area (TPSA) is 58.2 Å². The summed E-state index contributed by atoms with van der Waals surface area (Å²) in [5, 5.41) is 7.55. The maximum absolute atomic E-state index is 13.3. The number of rotatable bonds is 8. The van der Waals surface area contributed by atoms with Crippen LogP contribution in [0.4, 0.5) is 0 Å². The van der Waals surface area contributed by atoms with Crippen LogP contribution in [-0.4, -0.2) is 34.2 Å². The van der Waals surface area contributed by atoms with E-state index in [9.17, 15) is 4.79 Å². The lowest BCUT2D eigenvalue weighted by atomic mass is 9.95. The van der Waals surface area contributed by atoms with Crippen molar-refractivity contribution >= 4 is 5.91 Å². The van der Waals surface area contributed by atoms with E-state index in [1.54, 1.807) is 0 Å². The van der Waals surface area contributed by atoms with E-state index >= 15 is 0 Å². The summed E-state index contributed by atoms with van der Waals surface area (Å²) in [5.74, 6) is 1.21. The number of carbonyl (C=O) groups excluding carboxylic acids is 1. The Morgan fingerprint density at radius 2 is 1.93 bits per heavy atom. The number of hydrogen-bond donors (Lipinski definition) is 1. The molecule has 3 aromatic rings. The molecule has 0 fully saturated rings. The van der Waals surface area contributed by atoms with Gasteiger partial charge < -0.3 is 9.64 Å². The smallest absolute Gasteiger partial charge is 0.273 e. The number of hydrogen-bond acceptors (Lipinski definition) is 3. The number of unbranched alkanes of at least 4 members (excludes halogenated alkanes) is 1. The van der Waals surface area contributed by atoms with E-state index in [-0.39, 0.29) is 11.9 Å². The van der Waals surface area contributed by atoms with Gasteiger partial charge in [0.05, 0.1) is 18.3 Å². The average Bonchev–Trinajstić information content (AvgIpc) is 3.28. The monoisotopic (exact) mass is 403 g/mol. The van der Waals surface area contributed by atoms with Crippen molar-refractivity contribution in [2.45, 2.75) is 39.7 Å². The third kappa shape index (κ3) is 3.84. The Morgan fingerprint density at radius 3 is 2.67 bits per heavy atom. The van der Waals surface area contributed by atoms with Crippen LogP contribution in [0.3, 0.4) is 0 Å². The quantitative estimate of drug-likeness (QED) is 0.508. The summed E-state index contributed by atoms with van der Waals surface area (Å²) >= 11 is 0. The van der Waals surface area contributed by atoms with Crippen molar-refractivity contribution in [3.63, 3.8) is 0 Å². The van der Waals surface area contributed by atoms with Gasteiger partial charge in [0.2, 0.25) is 0 Å². The molecule has 1 unspecified atom stereocenters. The number of aromatic nitrogens is 2. The van der Waals surface area contributed by atoms with Crippen LogP contribution in [0.2, 0.25) is 0 Å². The number of aromatic amines is 1. The van der Waals surface area contributed by atoms with Crippen LogP contribution in [0, 0.1) is 5.92 Å². The first-order valence-electron chi connectivity index (χ1n) is 10.8. The summed E-state index contributed by atoms with van der Waals surface area (Å²) < 4.78 is 5.95. The Morgan fingerprint density at radius 1 is 1.13 bits per heavy atom. The minimum Gasteiger partial charge on any atom is -0.494 e. The first kappa shape index (κ1) is 20.2. The molecule has 5 heteroatoms. The van der Waals surface area contributed by atoms with Gasteiger partial charge in [0.1, 0.15) is 11.4 Å². The number of benzene rings is 2. The lowest BCUT2D eigenvalue weighted by Gasteiger charge is -2.28. The van der Waals surface area contributed by atoms with Gasteiger partial charge in [0.15, 0.2) is 0 Å². The minimum absolute atomic E-state index is 0.00989. The Hall–Kier alpha value is -3.08. The number of fused-ring (bicyclic) bond motifs is 1. The van der Waals surface area contributed by atoms with E-state index in [0.29, 0.717) is 24.8 Å². The Bertz CT molecular complexity index is 1010. The molecule has 30 heavy (non-hydrogen) atoms. The number of nitrogens with one attached hydrogen (secondary N) is 1. The molecule has 0 bridgehead atoms. The Labute approximate surface area is 178 Å². The van der Waals surface area contributed by atoms with Gasteiger partial charge in [-0.05, 0) is 30.0 Å². The van der Waals surface area contributed by atoms with Gasteiger partial charge in [0, 0.05) is 17.7 Å². The van der Waals surface area contributed by atoms with Gasteiger partial charge in [-0.1, -0.05) is 69.7 Å². The van der Waals surface area contributed by atoms with E-state index in [4.69, 9.17) is 4.74 Å². The molecule has 1 N–H and O–H groups in total. The average molecular weight is 404 g/mol. The summed E-state index contributed by atoms with van der Waals surface area (Å²) in [5.41, 5.74) is 4.45. The molecule has 1 aliphatic heterocycles. The maximum Gasteiger partial charge on any atom is 0.273 e. The Balaban J connectivity index is 1.78. The van der Waals surface area contributed by atoms with E-state index in [1.165, 1.54) is 0 Å². The normalized spacial score (nSPS) is 15.7. The van der Waals surface area contributed by atoms with Crippen molar-refractivity contribution < 1.29 is 9.53 Å². The summed E-state index contributed by atoms with van der Waals surface area (Å²) in [4.78, 5) is 15.2. The highest BCUT2D eigenvalue weighted by molar-refractivity contribution is 6.00. The molecule has 1 atom stereocenters. The SMILES string of the molecule is CCCCOc1cccc(C2c3c(-c4ccccc4)n[nH]c3C(=O)N2CC(C)C)c1. The zero-order chi connectivity index (χ0) is 21.1. The van der Waals surface area contributed by atoms with Crippen LogP contribution in [0.25, 0.3) is 11.3 Å². The second-order valence-electron chi connectivity index (χ2n) is 8.26. The van der Waals surface area contributed by atoms with Gasteiger partial charge in [0.25, 0.3) is 5.91 Å². The van der Waals surface area contributed by atoms with Crippen LogP contribution in [-0.2, 0) is 0 Å². The van der Waals surface area contributed by atoms with Crippen molar-refractivity contribution in [2.24, 2.45) is 5.92 Å². The molecule has 1 aromatic heterocycles. The summed E-state index contributed by atoms with van der Waals surface area (Å²) in [6.07, 6.45) is 2.12. The van der Waals surface area contributed by atoms with Gasteiger partial charge >= 0.3 is 0 Å². The molecule has 0 spiro atoms. The summed E-state index contributed by atoms with van der Waals surface area (Å²) in [7, 11) is 0. The van der Waals surface area contributed by atoms with Crippen LogP contribution >= 0.6 is 0 Å². The summed E-state index contributed by atoms with van der Waals surface area (Å²) in [6.45, 7) is 7.81. The van der Waals surface area contributed by atoms with Crippen molar-refractivity contribution in [1.82, 2.24) is 15.1 Å². The van der Waals surface area contributed by atoms with E-state index in [2.05, 4.69) is 43.1 Å². The second kappa shape index (κ2) is 8.74. The molecule has 5 nitrogen and oxygen atoms in total. The van der Waals surface area contributed by atoms with Crippen LogP contribution in [0.15, 0.2) is 54.6 Å². The second-order valence-corrected chi connectivity index (χ2v) is 8.26. The van der Waals surface area contributed by atoms with Gasteiger partial charge in [-0.2, -0.15) is 5.10 Å². The maximum atomic E-state index is 13.3. The van der Waals surface area contributed by atoms with E-state index in [1.807, 2.05) is 47.4 Å². The van der Waals surface area contributed by atoms with Gasteiger partial charge in [-0.15, -0.1) is 0 Å². The van der Waals surface area contributed by atoms with Crippen molar-refractivity contribution in [1.29, 1.82) is 0 Å². The van der Waals surface area contributed by atoms with Crippen molar-refractivity contribution in [3.8, 4) is 17.0 Å². The standard InChI is InChI=1S/C25H29N3O2/c1-4-5-14-30-20-13-9-12-19(15-20)24-21-22(18-10-7-6-8-11-18)26-27-23(21)25(29)28(24)16-17(2)3/h6-13,15,17,24H,4-5,14,16H2,1-3H3,(H,26,27). The zero-order valence-corrected chi connectivity index (χ0v) is 17.9. The first-order chi connectivity index (χ1) is 14.6. The number of ether oxygens (including phenoxy) is 1. The highest BCUT2D eigenvalue weighted by atomic mass is 16.5. The fourth-order valence-corrected chi connectivity index (χ4v) is 4.05. The lowest BCUT2D eigenvalue weighted by molar-refractivity contribution is 0.0722. The Kier molecular flexibility index (Phi) is 5.88. The highest BCUT2D eigenvalue weighted by Gasteiger charge is 2.42. The number of H-pyrrole nitrogens is 1. The molecule has 156 valence electrons. The van der Waals surface area contributed by atoms with Crippen molar-refractivity contribution in [2.75, 3.05) is 13.2 Å². The van der Waals surface area contributed by atoms with E-state index in [0.717, 1.165) is 41.0 Å². The number of carbonyl (C=O) groups is 1. The van der Waals surface area contributed by atoms with Crippen molar-refractivity contribution in [3.05, 3.63) is 71.4 Å². The predicted molar refractivity (Wildman–Crippen MR) is 119 cm³/mol. The molecular weight excluding hydrogens is 374 g/mol. The lowest BCUT2D eigenvalue weighted by Crippen LogP contribution is -2.32. The van der Waals surface area contributed by atoms with Crippen LogP contribution < -0.4 is 4.74 Å². The fourth-order valence-electron chi connectivity index (χ4n) is 4.05. The third-order valence-corrected chi connectivity index (χ3v) is 5.41. The number of amides is 1. The molecule has 0 aliphatic carbocycles. The minimum atomic E-state index is -0.182. The number of nitrogens with zero attached hydrogens (tertiary/aromatic N) is 2. The predicted octanol–water partition coefficient (Wildman–Crippen LogP) is 5.46.